The number of hydroxylamine groups is 1. The van der Waals surface area contributed by atoms with E-state index in [0.29, 0.717) is 17.0 Å². The van der Waals surface area contributed by atoms with E-state index in [2.05, 4.69) is 5.32 Å². The van der Waals surface area contributed by atoms with Gasteiger partial charge in [-0.25, -0.2) is 10.3 Å². The lowest BCUT2D eigenvalue weighted by atomic mass is 10.0. The molecule has 0 saturated carbocycles. The third kappa shape index (κ3) is 7.69. The summed E-state index contributed by atoms with van der Waals surface area (Å²) in [7, 11) is 0. The van der Waals surface area contributed by atoms with Crippen LogP contribution in [-0.2, 0) is 14.3 Å². The second kappa shape index (κ2) is 13.1. The number of carbonyl (C=O) groups excluding carboxylic acids is 2. The van der Waals surface area contributed by atoms with Crippen molar-refractivity contribution in [3.8, 4) is 5.75 Å². The molecule has 9 nitrogen and oxygen atoms in total. The van der Waals surface area contributed by atoms with Crippen LogP contribution in [0.15, 0.2) is 60.7 Å². The Morgan fingerprint density at radius 3 is 2.50 bits per heavy atom. The van der Waals surface area contributed by atoms with Crippen molar-refractivity contribution in [2.75, 3.05) is 25.1 Å². The van der Waals surface area contributed by atoms with E-state index >= 15 is 0 Å². The number of benzene rings is 2. The molecule has 0 aliphatic rings. The molecule has 32 heavy (non-hydrogen) atoms. The molecule has 0 aliphatic heterocycles. The highest BCUT2D eigenvalue weighted by molar-refractivity contribution is 5.86. The van der Waals surface area contributed by atoms with Crippen LogP contribution in [0, 0.1) is 6.92 Å². The molecule has 9 heteroatoms. The summed E-state index contributed by atoms with van der Waals surface area (Å²) in [5, 5.41) is 20.6. The van der Waals surface area contributed by atoms with Crippen LogP contribution in [0.1, 0.15) is 24.2 Å². The Labute approximate surface area is 186 Å². The lowest BCUT2D eigenvalue weighted by molar-refractivity contribution is -0.124. The van der Waals surface area contributed by atoms with E-state index in [4.69, 9.17) is 24.5 Å². The molecular weight excluding hydrogens is 416 g/mol. The smallest absolute Gasteiger partial charge is 0.412 e. The van der Waals surface area contributed by atoms with Crippen LogP contribution in [-0.4, -0.2) is 48.2 Å². The fraction of sp³-hybridized carbons (Fsp3) is 0.304. The number of nitrogens with one attached hydrogen (secondary N) is 2. The first-order chi connectivity index (χ1) is 15.5. The highest BCUT2D eigenvalue weighted by Crippen LogP contribution is 2.32. The molecule has 2 rings (SSSR count). The van der Waals surface area contributed by atoms with Gasteiger partial charge in [0.1, 0.15) is 18.5 Å². The van der Waals surface area contributed by atoms with Crippen LogP contribution in [0.2, 0.25) is 0 Å². The number of anilines is 1. The number of aliphatic hydroxyl groups excluding tert-OH is 1. The Morgan fingerprint density at radius 1 is 1.12 bits per heavy atom. The third-order valence-electron chi connectivity index (χ3n) is 4.31. The molecule has 0 radical (unpaired) electrons. The number of aliphatic hydroxyl groups is 1. The van der Waals surface area contributed by atoms with Gasteiger partial charge in [0.05, 0.1) is 6.61 Å². The molecule has 0 spiro atoms. The monoisotopic (exact) mass is 444 g/mol. The normalized spacial score (nSPS) is 12.8. The summed E-state index contributed by atoms with van der Waals surface area (Å²) < 4.78 is 17.0. The second-order valence-electron chi connectivity index (χ2n) is 6.68. The molecule has 2 aromatic rings. The zero-order valence-corrected chi connectivity index (χ0v) is 18.0. The molecule has 0 aliphatic carbocycles. The Hall–Kier alpha value is -3.40. The molecule has 0 aromatic heterocycles. The van der Waals surface area contributed by atoms with Crippen molar-refractivity contribution >= 4 is 17.7 Å². The van der Waals surface area contributed by atoms with Crippen molar-refractivity contribution in [1.82, 2.24) is 5.48 Å². The largest absolute Gasteiger partial charge is 0.491 e. The molecule has 0 saturated heterocycles. The van der Waals surface area contributed by atoms with E-state index in [9.17, 15) is 9.59 Å². The second-order valence-corrected chi connectivity index (χ2v) is 6.68. The Morgan fingerprint density at radius 2 is 1.84 bits per heavy atom. The molecule has 2 aromatic carbocycles. The average molecular weight is 444 g/mol. The summed E-state index contributed by atoms with van der Waals surface area (Å²) in [6, 6.07) is 14.0. The van der Waals surface area contributed by atoms with Gasteiger partial charge in [-0.05, 0) is 38.1 Å². The van der Waals surface area contributed by atoms with Gasteiger partial charge in [-0.15, -0.1) is 0 Å². The molecule has 0 fully saturated rings. The predicted octanol–water partition coefficient (Wildman–Crippen LogP) is 3.12. The number of amides is 2. The van der Waals surface area contributed by atoms with Gasteiger partial charge in [0.15, 0.2) is 6.10 Å². The Kier molecular flexibility index (Phi) is 10.2. The van der Waals surface area contributed by atoms with Gasteiger partial charge in [0, 0.05) is 23.9 Å². The van der Waals surface area contributed by atoms with Crippen LogP contribution in [0.4, 0.5) is 10.5 Å². The summed E-state index contributed by atoms with van der Waals surface area (Å²) in [6.45, 7) is 3.79. The number of ether oxygens (including phenoxy) is 3. The quantitative estimate of drug-likeness (QED) is 0.238. The highest BCUT2D eigenvalue weighted by Gasteiger charge is 2.29. The first-order valence-electron chi connectivity index (χ1n) is 10.1. The minimum atomic E-state index is -1.00. The van der Waals surface area contributed by atoms with Crippen molar-refractivity contribution in [1.29, 1.82) is 0 Å². The molecule has 4 N–H and O–H groups in total. The molecule has 2 amide bonds. The lowest BCUT2D eigenvalue weighted by Gasteiger charge is -2.27. The maximum Gasteiger partial charge on any atom is 0.412 e. The Balaban J connectivity index is 2.36. The van der Waals surface area contributed by atoms with Crippen LogP contribution < -0.4 is 15.5 Å². The molecule has 172 valence electrons. The van der Waals surface area contributed by atoms with Gasteiger partial charge in [-0.2, -0.15) is 0 Å². The minimum Gasteiger partial charge on any atom is -0.491 e. The van der Waals surface area contributed by atoms with E-state index in [0.717, 1.165) is 11.6 Å². The first-order valence-corrected chi connectivity index (χ1v) is 10.1. The maximum absolute atomic E-state index is 12.7. The topological polar surface area (TPSA) is 126 Å². The van der Waals surface area contributed by atoms with Gasteiger partial charge >= 0.3 is 6.09 Å². The highest BCUT2D eigenvalue weighted by atomic mass is 16.6. The van der Waals surface area contributed by atoms with Crippen LogP contribution in [0.3, 0.4) is 0 Å². The van der Waals surface area contributed by atoms with E-state index in [-0.39, 0.29) is 19.8 Å². The van der Waals surface area contributed by atoms with Crippen LogP contribution >= 0.6 is 0 Å². The van der Waals surface area contributed by atoms with Crippen molar-refractivity contribution in [2.24, 2.45) is 0 Å². The molecule has 0 unspecified atom stereocenters. The van der Waals surface area contributed by atoms with Crippen molar-refractivity contribution in [3.05, 3.63) is 71.8 Å². The predicted molar refractivity (Wildman–Crippen MR) is 118 cm³/mol. The van der Waals surface area contributed by atoms with Gasteiger partial charge in [-0.1, -0.05) is 35.9 Å². The summed E-state index contributed by atoms with van der Waals surface area (Å²) in [4.78, 5) is 24.2. The minimum absolute atomic E-state index is 0.0430. The van der Waals surface area contributed by atoms with E-state index in [1.807, 2.05) is 19.1 Å². The number of hydrogen-bond acceptors (Lipinski definition) is 7. The number of aryl methyl sites for hydroxylation is 1. The van der Waals surface area contributed by atoms with Gasteiger partial charge in [0.2, 0.25) is 0 Å². The third-order valence-corrected chi connectivity index (χ3v) is 4.31. The summed E-state index contributed by atoms with van der Waals surface area (Å²) >= 11 is 0. The lowest BCUT2D eigenvalue weighted by Crippen LogP contribution is -2.28. The number of para-hydroxylation sites is 1. The van der Waals surface area contributed by atoms with Crippen molar-refractivity contribution in [2.45, 2.75) is 26.1 Å². The summed E-state index contributed by atoms with van der Waals surface area (Å²) in [5.74, 6) is -0.373. The molecule has 2 atom stereocenters. The van der Waals surface area contributed by atoms with Gasteiger partial charge in [0.25, 0.3) is 5.91 Å². The fourth-order valence-electron chi connectivity index (χ4n) is 2.87. The first kappa shape index (κ1) is 24.9. The average Bonchev–Trinajstić information content (AvgIpc) is 2.80. The number of rotatable bonds is 11. The summed E-state index contributed by atoms with van der Waals surface area (Å²) in [5.41, 5.74) is 3.57. The van der Waals surface area contributed by atoms with Gasteiger partial charge in [-0.3, -0.25) is 15.3 Å². The van der Waals surface area contributed by atoms with E-state index < -0.39 is 24.2 Å². The maximum atomic E-state index is 12.7. The standard InChI is InChI=1S/C23H28N2O7/c1-3-30-20(12-13-21(27)25-29)22(18-6-4-5-7-19(18)31-15-14-26)32-23(28)24-17-10-8-16(2)9-11-17/h4-13,20,22,26,29H,3,14-15H2,1-2H3,(H,24,28)(H,25,27)/b13-12+/t20-,22-/m0/s1. The van der Waals surface area contributed by atoms with Crippen LogP contribution in [0.25, 0.3) is 0 Å². The SMILES string of the molecule is CCO[C@@H](/C=C/C(=O)NO)[C@@H](OC(=O)Nc1ccc(C)cc1)c1ccccc1OCCO. The fourth-order valence-corrected chi connectivity index (χ4v) is 2.87. The van der Waals surface area contributed by atoms with Crippen molar-refractivity contribution in [3.63, 3.8) is 0 Å². The number of hydrogen-bond donors (Lipinski definition) is 4. The van der Waals surface area contributed by atoms with E-state index in [1.54, 1.807) is 43.3 Å². The van der Waals surface area contributed by atoms with E-state index in [1.165, 1.54) is 11.6 Å². The van der Waals surface area contributed by atoms with Gasteiger partial charge < -0.3 is 19.3 Å². The zero-order chi connectivity index (χ0) is 23.3. The molecule has 0 heterocycles. The van der Waals surface area contributed by atoms with Crippen LogP contribution in [0.5, 0.6) is 5.75 Å². The number of carbonyl (C=O) groups is 2. The van der Waals surface area contributed by atoms with Crippen molar-refractivity contribution < 1.29 is 34.1 Å². The molecule has 0 bridgehead atoms. The Bertz CT molecular complexity index is 899. The molecular formula is C23H28N2O7. The summed E-state index contributed by atoms with van der Waals surface area (Å²) in [6.07, 6.45) is -0.161. The zero-order valence-electron chi connectivity index (χ0n) is 18.0.